The van der Waals surface area contributed by atoms with Crippen LogP contribution >= 0.6 is 0 Å². The van der Waals surface area contributed by atoms with Crippen molar-refractivity contribution in [3.63, 3.8) is 0 Å². The number of carbonyl (C=O) groups excluding carboxylic acids is 2. The summed E-state index contributed by atoms with van der Waals surface area (Å²) in [6.07, 6.45) is 4.01. The monoisotopic (exact) mass is 342 g/mol. The van der Waals surface area contributed by atoms with Crippen molar-refractivity contribution in [1.29, 1.82) is 0 Å². The number of hydrogen-bond donors (Lipinski definition) is 3. The summed E-state index contributed by atoms with van der Waals surface area (Å²) in [7, 11) is 3.91. The number of nitrogens with one attached hydrogen (secondary N) is 3. The molecular weight excluding hydrogens is 316 g/mol. The van der Waals surface area contributed by atoms with E-state index in [1.807, 2.05) is 43.4 Å². The molecule has 1 saturated carbocycles. The van der Waals surface area contributed by atoms with Crippen LogP contribution in [0, 0.1) is 5.41 Å². The summed E-state index contributed by atoms with van der Waals surface area (Å²) in [5, 5.41) is 7.00. The number of nitrogens with zero attached hydrogens (tertiary/aromatic N) is 1. The number of carbonyl (C=O) groups is 2. The minimum Gasteiger partial charge on any atom is -0.361 e. The Bertz CT molecular complexity index is 762. The molecule has 3 N–H and O–H groups in total. The summed E-state index contributed by atoms with van der Waals surface area (Å²) in [4.78, 5) is 30.0. The molecule has 0 atom stereocenters. The first kappa shape index (κ1) is 17.5. The first-order valence-electron chi connectivity index (χ1n) is 8.79. The second kappa shape index (κ2) is 7.27. The number of rotatable bonds is 8. The van der Waals surface area contributed by atoms with Gasteiger partial charge in [0.2, 0.25) is 11.8 Å². The molecule has 1 aliphatic carbocycles. The van der Waals surface area contributed by atoms with Gasteiger partial charge in [-0.3, -0.25) is 9.59 Å². The first-order valence-corrected chi connectivity index (χ1v) is 8.79. The third-order valence-corrected chi connectivity index (χ3v) is 4.82. The lowest BCUT2D eigenvalue weighted by molar-refractivity contribution is -0.137. The Morgan fingerprint density at radius 2 is 1.80 bits per heavy atom. The quantitative estimate of drug-likeness (QED) is 0.633. The van der Waals surface area contributed by atoms with E-state index in [4.69, 9.17) is 0 Å². The van der Waals surface area contributed by atoms with E-state index in [9.17, 15) is 9.59 Å². The van der Waals surface area contributed by atoms with Crippen LogP contribution in [0.2, 0.25) is 0 Å². The van der Waals surface area contributed by atoms with E-state index >= 15 is 0 Å². The van der Waals surface area contributed by atoms with Gasteiger partial charge in [0.1, 0.15) is 5.41 Å². The van der Waals surface area contributed by atoms with Crippen molar-refractivity contribution in [2.45, 2.75) is 19.3 Å². The third-order valence-electron chi connectivity index (χ3n) is 4.82. The van der Waals surface area contributed by atoms with Gasteiger partial charge in [-0.05, 0) is 45.0 Å². The molecule has 3 rings (SSSR count). The lowest BCUT2D eigenvalue weighted by Gasteiger charge is -2.16. The van der Waals surface area contributed by atoms with Crippen LogP contribution in [0.5, 0.6) is 0 Å². The predicted molar refractivity (Wildman–Crippen MR) is 98.2 cm³/mol. The van der Waals surface area contributed by atoms with Gasteiger partial charge >= 0.3 is 0 Å². The highest BCUT2D eigenvalue weighted by molar-refractivity contribution is 6.07. The van der Waals surface area contributed by atoms with Gasteiger partial charge in [-0.15, -0.1) is 0 Å². The second-order valence-electron chi connectivity index (χ2n) is 7.01. The van der Waals surface area contributed by atoms with E-state index in [0.717, 1.165) is 18.5 Å². The zero-order valence-electron chi connectivity index (χ0n) is 14.9. The number of aromatic amines is 1. The predicted octanol–water partition coefficient (Wildman–Crippen LogP) is 1.28. The van der Waals surface area contributed by atoms with Crippen LogP contribution in [-0.4, -0.2) is 55.4 Å². The van der Waals surface area contributed by atoms with E-state index < -0.39 is 5.41 Å². The first-order chi connectivity index (χ1) is 12.0. The smallest absolute Gasteiger partial charge is 0.235 e. The molecule has 2 aromatic rings. The third kappa shape index (κ3) is 3.85. The van der Waals surface area contributed by atoms with Gasteiger partial charge in [-0.2, -0.15) is 0 Å². The summed E-state index contributed by atoms with van der Waals surface area (Å²) in [5.74, 6) is -0.284. The lowest BCUT2D eigenvalue weighted by atomic mass is 10.0. The number of aromatic nitrogens is 1. The Morgan fingerprint density at radius 3 is 2.48 bits per heavy atom. The Morgan fingerprint density at radius 1 is 1.12 bits per heavy atom. The standard InChI is InChI=1S/C19H26N4O2/c1-23(2)12-11-21-18(25)19(8-9-19)17(24)20-10-7-14-13-22-16-6-4-3-5-15(14)16/h3-6,13,22H,7-12H2,1-2H3,(H,20,24)(H,21,25). The maximum atomic E-state index is 12.5. The number of benzene rings is 1. The Labute approximate surface area is 148 Å². The molecule has 1 aromatic carbocycles. The molecule has 1 fully saturated rings. The highest BCUT2D eigenvalue weighted by atomic mass is 16.2. The minimum absolute atomic E-state index is 0.140. The molecule has 6 nitrogen and oxygen atoms in total. The molecule has 2 amide bonds. The van der Waals surface area contributed by atoms with E-state index in [2.05, 4.69) is 21.7 Å². The van der Waals surface area contributed by atoms with Crippen molar-refractivity contribution >= 4 is 22.7 Å². The van der Waals surface area contributed by atoms with E-state index in [0.29, 0.717) is 25.9 Å². The largest absolute Gasteiger partial charge is 0.361 e. The van der Waals surface area contributed by atoms with Crippen LogP contribution in [-0.2, 0) is 16.0 Å². The van der Waals surface area contributed by atoms with Crippen LogP contribution < -0.4 is 10.6 Å². The van der Waals surface area contributed by atoms with Crippen LogP contribution in [0.25, 0.3) is 10.9 Å². The molecule has 25 heavy (non-hydrogen) atoms. The fraction of sp³-hybridized carbons (Fsp3) is 0.474. The average Bonchev–Trinajstić information content (AvgIpc) is 3.31. The Hall–Kier alpha value is -2.34. The van der Waals surface area contributed by atoms with Crippen LogP contribution in [0.4, 0.5) is 0 Å². The summed E-state index contributed by atoms with van der Waals surface area (Å²) < 4.78 is 0. The molecule has 1 aromatic heterocycles. The van der Waals surface area contributed by atoms with Gasteiger partial charge in [0.25, 0.3) is 0 Å². The van der Waals surface area contributed by atoms with Crippen molar-refractivity contribution < 1.29 is 9.59 Å². The molecule has 6 heteroatoms. The van der Waals surface area contributed by atoms with E-state index in [-0.39, 0.29) is 11.8 Å². The SMILES string of the molecule is CN(C)CCNC(=O)C1(C(=O)NCCc2c[nH]c3ccccc23)CC1. The molecule has 0 unspecified atom stereocenters. The Balaban J connectivity index is 1.49. The molecular formula is C19H26N4O2. The second-order valence-corrected chi connectivity index (χ2v) is 7.01. The lowest BCUT2D eigenvalue weighted by Crippen LogP contribution is -2.45. The van der Waals surface area contributed by atoms with E-state index in [1.54, 1.807) is 0 Å². The highest BCUT2D eigenvalue weighted by Gasteiger charge is 2.56. The molecule has 0 radical (unpaired) electrons. The number of hydrogen-bond acceptors (Lipinski definition) is 3. The number of amides is 2. The molecule has 0 bridgehead atoms. The number of likely N-dealkylation sites (N-methyl/N-ethyl adjacent to an activating group) is 1. The zero-order chi connectivity index (χ0) is 17.9. The number of H-pyrrole nitrogens is 1. The fourth-order valence-corrected chi connectivity index (χ4v) is 3.06. The van der Waals surface area contributed by atoms with Crippen LogP contribution in [0.15, 0.2) is 30.5 Å². The Kier molecular flexibility index (Phi) is 5.08. The molecule has 134 valence electrons. The summed E-state index contributed by atoms with van der Waals surface area (Å²) >= 11 is 0. The molecule has 0 saturated heterocycles. The van der Waals surface area contributed by atoms with Crippen molar-refractivity contribution in [1.82, 2.24) is 20.5 Å². The van der Waals surface area contributed by atoms with Crippen molar-refractivity contribution in [2.24, 2.45) is 5.41 Å². The minimum atomic E-state index is -0.841. The summed E-state index contributed by atoms with van der Waals surface area (Å²) in [6.45, 7) is 1.87. The van der Waals surface area contributed by atoms with Gasteiger partial charge in [-0.25, -0.2) is 0 Å². The normalized spacial score (nSPS) is 15.3. The molecule has 1 heterocycles. The fourth-order valence-electron chi connectivity index (χ4n) is 3.06. The summed E-state index contributed by atoms with van der Waals surface area (Å²) in [6, 6.07) is 8.11. The maximum absolute atomic E-state index is 12.5. The average molecular weight is 342 g/mol. The van der Waals surface area contributed by atoms with Gasteiger partial charge < -0.3 is 20.5 Å². The number of para-hydroxylation sites is 1. The van der Waals surface area contributed by atoms with Crippen LogP contribution in [0.3, 0.4) is 0 Å². The topological polar surface area (TPSA) is 77.2 Å². The van der Waals surface area contributed by atoms with Gasteiger partial charge in [0, 0.05) is 36.7 Å². The molecule has 0 aliphatic heterocycles. The van der Waals surface area contributed by atoms with Crippen molar-refractivity contribution in [3.05, 3.63) is 36.0 Å². The zero-order valence-corrected chi connectivity index (χ0v) is 14.9. The highest BCUT2D eigenvalue weighted by Crippen LogP contribution is 2.46. The van der Waals surface area contributed by atoms with Gasteiger partial charge in [0.15, 0.2) is 0 Å². The van der Waals surface area contributed by atoms with Gasteiger partial charge in [-0.1, -0.05) is 18.2 Å². The van der Waals surface area contributed by atoms with Crippen molar-refractivity contribution in [2.75, 3.05) is 33.7 Å². The summed E-state index contributed by atoms with van der Waals surface area (Å²) in [5.41, 5.74) is 1.44. The van der Waals surface area contributed by atoms with E-state index in [1.165, 1.54) is 10.9 Å². The van der Waals surface area contributed by atoms with Crippen LogP contribution in [0.1, 0.15) is 18.4 Å². The van der Waals surface area contributed by atoms with Gasteiger partial charge in [0.05, 0.1) is 0 Å². The van der Waals surface area contributed by atoms with Crippen molar-refractivity contribution in [3.8, 4) is 0 Å². The maximum Gasteiger partial charge on any atom is 0.235 e. The molecule has 1 aliphatic rings. The number of fused-ring (bicyclic) bond motifs is 1. The molecule has 0 spiro atoms.